The number of likely N-dealkylation sites (tertiary alicyclic amines) is 1. The number of thioether (sulfide) groups is 1. The minimum absolute atomic E-state index is 0.0368. The van der Waals surface area contributed by atoms with E-state index in [1.165, 1.54) is 17.8 Å². The highest BCUT2D eigenvalue weighted by Gasteiger charge is 2.32. The van der Waals surface area contributed by atoms with Crippen molar-refractivity contribution >= 4 is 17.7 Å². The molecule has 8 heteroatoms. The van der Waals surface area contributed by atoms with E-state index in [2.05, 4.69) is 10.2 Å². The lowest BCUT2D eigenvalue weighted by molar-refractivity contribution is -0.129. The van der Waals surface area contributed by atoms with Gasteiger partial charge in [-0.3, -0.25) is 4.79 Å². The summed E-state index contributed by atoms with van der Waals surface area (Å²) in [6.45, 7) is 0.675. The van der Waals surface area contributed by atoms with Crippen LogP contribution in [0.5, 0.6) is 0 Å². The van der Waals surface area contributed by atoms with Crippen molar-refractivity contribution in [2.24, 2.45) is 7.05 Å². The molecule has 2 aromatic rings. The Morgan fingerprint density at radius 2 is 2.22 bits per heavy atom. The average molecular weight is 338 g/mol. The van der Waals surface area contributed by atoms with Crippen LogP contribution in [0.15, 0.2) is 29.4 Å². The summed E-state index contributed by atoms with van der Waals surface area (Å²) in [5, 5.41) is 7.96. The molecule has 122 valence electrons. The Bertz CT molecular complexity index is 721. The van der Waals surface area contributed by atoms with Crippen LogP contribution in [0.25, 0.3) is 0 Å². The molecule has 0 N–H and O–H groups in total. The predicted octanol–water partition coefficient (Wildman–Crippen LogP) is 2.55. The van der Waals surface area contributed by atoms with Crippen molar-refractivity contribution in [3.05, 3.63) is 42.0 Å². The third-order valence-electron chi connectivity index (χ3n) is 3.87. The van der Waals surface area contributed by atoms with E-state index in [1.807, 2.05) is 11.6 Å². The Morgan fingerprint density at radius 1 is 1.39 bits per heavy atom. The van der Waals surface area contributed by atoms with E-state index in [4.69, 9.17) is 0 Å². The topological polar surface area (TPSA) is 51.0 Å². The highest BCUT2D eigenvalue weighted by Crippen LogP contribution is 2.31. The number of benzene rings is 1. The Kier molecular flexibility index (Phi) is 4.61. The van der Waals surface area contributed by atoms with E-state index in [1.54, 1.807) is 11.2 Å². The number of aryl methyl sites for hydroxylation is 1. The quantitative estimate of drug-likeness (QED) is 0.804. The molecule has 3 rings (SSSR count). The lowest BCUT2D eigenvalue weighted by Crippen LogP contribution is -2.33. The highest BCUT2D eigenvalue weighted by molar-refractivity contribution is 8.00. The zero-order chi connectivity index (χ0) is 16.4. The van der Waals surface area contributed by atoms with Crippen LogP contribution in [0.1, 0.15) is 24.7 Å². The summed E-state index contributed by atoms with van der Waals surface area (Å²) in [5.41, 5.74) is 0. The molecule has 1 fully saturated rings. The molecule has 2 heterocycles. The second-order valence-electron chi connectivity index (χ2n) is 5.41. The standard InChI is InChI=1S/C15H16F2N4OS/c1-20-9-18-19-15(20)13-3-2-6-21(13)14(22)8-23-10-4-5-11(16)12(17)7-10/h4-5,7,9,13H,2-3,6,8H2,1H3. The van der Waals surface area contributed by atoms with Crippen molar-refractivity contribution in [3.63, 3.8) is 0 Å². The van der Waals surface area contributed by atoms with Gasteiger partial charge in [-0.2, -0.15) is 0 Å². The molecule has 1 unspecified atom stereocenters. The first kappa shape index (κ1) is 15.9. The van der Waals surface area contributed by atoms with E-state index in [-0.39, 0.29) is 17.7 Å². The monoisotopic (exact) mass is 338 g/mol. The number of nitrogens with zero attached hydrogens (tertiary/aromatic N) is 4. The maximum atomic E-state index is 13.2. The fourth-order valence-electron chi connectivity index (χ4n) is 2.72. The first-order valence-corrected chi connectivity index (χ1v) is 8.26. The molecular weight excluding hydrogens is 322 g/mol. The lowest BCUT2D eigenvalue weighted by Gasteiger charge is -2.23. The Labute approximate surface area is 136 Å². The van der Waals surface area contributed by atoms with Crippen LogP contribution in [-0.2, 0) is 11.8 Å². The Morgan fingerprint density at radius 3 is 2.91 bits per heavy atom. The second kappa shape index (κ2) is 6.66. The summed E-state index contributed by atoms with van der Waals surface area (Å²) in [7, 11) is 1.85. The van der Waals surface area contributed by atoms with E-state index in [0.717, 1.165) is 30.8 Å². The molecule has 5 nitrogen and oxygen atoms in total. The van der Waals surface area contributed by atoms with Gasteiger partial charge in [0.1, 0.15) is 6.33 Å². The highest BCUT2D eigenvalue weighted by atomic mass is 32.2. The third-order valence-corrected chi connectivity index (χ3v) is 4.85. The van der Waals surface area contributed by atoms with E-state index in [9.17, 15) is 13.6 Å². The normalized spacial score (nSPS) is 17.7. The minimum Gasteiger partial charge on any atom is -0.332 e. The average Bonchev–Trinajstić information content (AvgIpc) is 3.16. The summed E-state index contributed by atoms with van der Waals surface area (Å²) in [5.74, 6) is -0.874. The summed E-state index contributed by atoms with van der Waals surface area (Å²) >= 11 is 1.20. The van der Waals surface area contributed by atoms with Gasteiger partial charge in [-0.25, -0.2) is 8.78 Å². The fourth-order valence-corrected chi connectivity index (χ4v) is 3.53. The van der Waals surface area contributed by atoms with Gasteiger partial charge in [0.05, 0.1) is 11.8 Å². The SMILES string of the molecule is Cn1cnnc1C1CCCN1C(=O)CSc1ccc(F)c(F)c1. The number of rotatable bonds is 4. The lowest BCUT2D eigenvalue weighted by atomic mass is 10.2. The van der Waals surface area contributed by atoms with Crippen LogP contribution in [0.2, 0.25) is 0 Å². The molecule has 0 aliphatic carbocycles. The molecule has 0 radical (unpaired) electrons. The first-order valence-electron chi connectivity index (χ1n) is 7.27. The third kappa shape index (κ3) is 3.36. The molecule has 0 bridgehead atoms. The fraction of sp³-hybridized carbons (Fsp3) is 0.400. The van der Waals surface area contributed by atoms with Gasteiger partial charge in [0, 0.05) is 18.5 Å². The maximum absolute atomic E-state index is 13.2. The van der Waals surface area contributed by atoms with Gasteiger partial charge < -0.3 is 9.47 Å². The van der Waals surface area contributed by atoms with Crippen molar-refractivity contribution in [1.82, 2.24) is 19.7 Å². The maximum Gasteiger partial charge on any atom is 0.233 e. The van der Waals surface area contributed by atoms with Gasteiger partial charge >= 0.3 is 0 Å². The number of halogens is 2. The van der Waals surface area contributed by atoms with E-state index < -0.39 is 11.6 Å². The predicted molar refractivity (Wildman–Crippen MR) is 81.8 cm³/mol. The van der Waals surface area contributed by atoms with Gasteiger partial charge in [0.2, 0.25) is 5.91 Å². The van der Waals surface area contributed by atoms with E-state index in [0.29, 0.717) is 11.4 Å². The van der Waals surface area contributed by atoms with Crippen LogP contribution in [0.4, 0.5) is 8.78 Å². The molecule has 0 spiro atoms. The molecule has 1 aromatic heterocycles. The van der Waals surface area contributed by atoms with Gasteiger partial charge in [0.15, 0.2) is 17.5 Å². The number of aromatic nitrogens is 3. The number of amides is 1. The minimum atomic E-state index is -0.902. The number of carbonyl (C=O) groups is 1. The molecule has 1 aliphatic rings. The van der Waals surface area contributed by atoms with Crippen LogP contribution in [0, 0.1) is 11.6 Å². The molecule has 1 aromatic carbocycles. The van der Waals surface area contributed by atoms with Crippen molar-refractivity contribution in [1.29, 1.82) is 0 Å². The molecule has 1 saturated heterocycles. The van der Waals surface area contributed by atoms with Crippen molar-refractivity contribution < 1.29 is 13.6 Å². The number of hydrogen-bond donors (Lipinski definition) is 0. The summed E-state index contributed by atoms with van der Waals surface area (Å²) < 4.78 is 27.9. The van der Waals surface area contributed by atoms with Gasteiger partial charge in [0.25, 0.3) is 0 Å². The van der Waals surface area contributed by atoms with Gasteiger partial charge in [-0.05, 0) is 31.0 Å². The summed E-state index contributed by atoms with van der Waals surface area (Å²) in [6.07, 6.45) is 3.39. The zero-order valence-electron chi connectivity index (χ0n) is 12.6. The first-order chi connectivity index (χ1) is 11.1. The smallest absolute Gasteiger partial charge is 0.233 e. The molecular formula is C15H16F2N4OS. The molecule has 1 amide bonds. The molecule has 23 heavy (non-hydrogen) atoms. The molecule has 1 aliphatic heterocycles. The molecule has 1 atom stereocenters. The summed E-state index contributed by atoms with van der Waals surface area (Å²) in [6, 6.07) is 3.58. The van der Waals surface area contributed by atoms with Crippen molar-refractivity contribution in [2.75, 3.05) is 12.3 Å². The number of carbonyl (C=O) groups excluding carboxylic acids is 1. The zero-order valence-corrected chi connectivity index (χ0v) is 13.4. The van der Waals surface area contributed by atoms with Crippen LogP contribution in [-0.4, -0.2) is 37.9 Å². The molecule has 0 saturated carbocycles. The van der Waals surface area contributed by atoms with Gasteiger partial charge in [-0.1, -0.05) is 0 Å². The van der Waals surface area contributed by atoms with Crippen molar-refractivity contribution in [3.8, 4) is 0 Å². The largest absolute Gasteiger partial charge is 0.332 e. The van der Waals surface area contributed by atoms with Crippen LogP contribution in [0.3, 0.4) is 0 Å². The number of hydrogen-bond acceptors (Lipinski definition) is 4. The van der Waals surface area contributed by atoms with Crippen LogP contribution < -0.4 is 0 Å². The Hall–Kier alpha value is -1.96. The van der Waals surface area contributed by atoms with Crippen LogP contribution >= 0.6 is 11.8 Å². The Balaban J connectivity index is 1.65. The second-order valence-corrected chi connectivity index (χ2v) is 6.46. The summed E-state index contributed by atoms with van der Waals surface area (Å²) in [4.78, 5) is 14.8. The van der Waals surface area contributed by atoms with Crippen molar-refractivity contribution in [2.45, 2.75) is 23.8 Å². The van der Waals surface area contributed by atoms with E-state index >= 15 is 0 Å². The van der Waals surface area contributed by atoms with Gasteiger partial charge in [-0.15, -0.1) is 22.0 Å².